The molecule has 3 heterocycles. The number of hydrogen-bond donors (Lipinski definition) is 2. The van der Waals surface area contributed by atoms with Crippen LogP contribution in [-0.2, 0) is 20.8 Å². The zero-order valence-electron chi connectivity index (χ0n) is 23.7. The maximum Gasteiger partial charge on any atom is 0.308 e. The Bertz CT molecular complexity index is 1040. The molecule has 0 aromatic heterocycles. The molecule has 1 aromatic carbocycles. The molecule has 3 aliphatic rings. The summed E-state index contributed by atoms with van der Waals surface area (Å²) in [7, 11) is 0. The van der Waals surface area contributed by atoms with Gasteiger partial charge < -0.3 is 24.7 Å². The third kappa shape index (κ3) is 6.92. The Morgan fingerprint density at radius 3 is 2.64 bits per heavy atom. The number of likely N-dealkylation sites (tertiary alicyclic amines) is 2. The predicted octanol–water partition coefficient (Wildman–Crippen LogP) is 2.75. The number of hydrogen-bond acceptors (Lipinski definition) is 6. The van der Waals surface area contributed by atoms with Gasteiger partial charge in [-0.2, -0.15) is 0 Å². The monoisotopic (exact) mass is 543 g/mol. The Morgan fingerprint density at radius 1 is 1.21 bits per heavy atom. The van der Waals surface area contributed by atoms with Crippen LogP contribution in [0.25, 0.3) is 0 Å². The van der Waals surface area contributed by atoms with E-state index in [0.29, 0.717) is 58.6 Å². The number of carboxylic acid groups (broad SMARTS) is 1. The summed E-state index contributed by atoms with van der Waals surface area (Å²) in [5.41, 5.74) is 1.98. The summed E-state index contributed by atoms with van der Waals surface area (Å²) in [6, 6.07) is 5.61. The third-order valence-corrected chi connectivity index (χ3v) is 8.53. The molecule has 39 heavy (non-hydrogen) atoms. The maximum absolute atomic E-state index is 13.5. The first-order valence-corrected chi connectivity index (χ1v) is 14.5. The van der Waals surface area contributed by atoms with Crippen molar-refractivity contribution in [2.24, 2.45) is 11.3 Å². The summed E-state index contributed by atoms with van der Waals surface area (Å²) in [5, 5.41) is 19.8. The van der Waals surface area contributed by atoms with Gasteiger partial charge in [0.2, 0.25) is 11.8 Å². The van der Waals surface area contributed by atoms with Crippen LogP contribution in [0.4, 0.5) is 0 Å². The van der Waals surface area contributed by atoms with Crippen LogP contribution in [0.1, 0.15) is 69.9 Å². The van der Waals surface area contributed by atoms with Crippen molar-refractivity contribution in [2.75, 3.05) is 52.5 Å². The van der Waals surface area contributed by atoms with Crippen LogP contribution in [0.5, 0.6) is 5.75 Å². The lowest BCUT2D eigenvalue weighted by Gasteiger charge is -2.31. The van der Waals surface area contributed by atoms with Gasteiger partial charge in [-0.3, -0.25) is 19.3 Å². The van der Waals surface area contributed by atoms with E-state index in [1.165, 1.54) is 0 Å². The van der Waals surface area contributed by atoms with E-state index < -0.39 is 11.9 Å². The van der Waals surface area contributed by atoms with Crippen LogP contribution < -0.4 is 4.74 Å². The average Bonchev–Trinajstić information content (AvgIpc) is 3.56. The highest BCUT2D eigenvalue weighted by Gasteiger charge is 2.48. The molecule has 9 heteroatoms. The number of aliphatic carboxylic acids is 1. The van der Waals surface area contributed by atoms with Crippen molar-refractivity contribution in [1.82, 2.24) is 14.7 Å². The van der Waals surface area contributed by atoms with Crippen molar-refractivity contribution in [3.05, 3.63) is 29.3 Å². The molecule has 0 radical (unpaired) electrons. The molecule has 2 saturated heterocycles. The Morgan fingerprint density at radius 2 is 1.97 bits per heavy atom. The van der Waals surface area contributed by atoms with Gasteiger partial charge in [0.1, 0.15) is 5.75 Å². The standard InChI is InChI=1S/C30H45N3O6/c1-4-5-11-31(12-6-14-34)27(36)19-33-18-23(21-7-8-25-22(16-21)10-15-39-25)28(29(37)38)24(33)9-13-32-20-30(2,3)17-26(32)35/h7-8,16,23-24,28,34H,4-6,9-15,17-20H2,1-3H3,(H,37,38)/t23-,24+,28?/m1/s1. The summed E-state index contributed by atoms with van der Waals surface area (Å²) < 4.78 is 5.67. The highest BCUT2D eigenvalue weighted by molar-refractivity contribution is 5.80. The molecular weight excluding hydrogens is 498 g/mol. The van der Waals surface area contributed by atoms with E-state index in [9.17, 15) is 24.6 Å². The summed E-state index contributed by atoms with van der Waals surface area (Å²) in [6.45, 7) is 9.75. The summed E-state index contributed by atoms with van der Waals surface area (Å²) in [6.07, 6.45) is 4.17. The zero-order chi connectivity index (χ0) is 28.2. The molecule has 3 aliphatic heterocycles. The van der Waals surface area contributed by atoms with Crippen molar-refractivity contribution >= 4 is 17.8 Å². The topological polar surface area (TPSA) is 111 Å². The Kier molecular flexibility index (Phi) is 9.54. The van der Waals surface area contributed by atoms with Gasteiger partial charge in [-0.15, -0.1) is 0 Å². The number of ether oxygens (including phenoxy) is 1. The van der Waals surface area contributed by atoms with Gasteiger partial charge in [0.25, 0.3) is 0 Å². The number of rotatable bonds is 13. The molecule has 2 fully saturated rings. The number of carbonyl (C=O) groups is 3. The van der Waals surface area contributed by atoms with Crippen LogP contribution in [0.2, 0.25) is 0 Å². The van der Waals surface area contributed by atoms with E-state index in [0.717, 1.165) is 36.1 Å². The minimum atomic E-state index is -0.868. The second-order valence-corrected chi connectivity index (χ2v) is 12.2. The lowest BCUT2D eigenvalue weighted by molar-refractivity contribution is -0.144. The Balaban J connectivity index is 1.58. The number of aliphatic hydroxyl groups excluding tert-OH is 1. The number of amides is 2. The summed E-state index contributed by atoms with van der Waals surface area (Å²) in [4.78, 5) is 44.6. The average molecular weight is 544 g/mol. The van der Waals surface area contributed by atoms with E-state index in [1.807, 2.05) is 21.9 Å². The smallest absolute Gasteiger partial charge is 0.308 e. The summed E-state index contributed by atoms with van der Waals surface area (Å²) in [5.74, 6) is -0.889. The van der Waals surface area contributed by atoms with Crippen LogP contribution >= 0.6 is 0 Å². The number of aliphatic hydroxyl groups is 1. The fourth-order valence-electron chi connectivity index (χ4n) is 6.55. The number of nitrogens with zero attached hydrogens (tertiary/aromatic N) is 3. The molecule has 1 aromatic rings. The Hall–Kier alpha value is -2.65. The molecule has 3 atom stereocenters. The van der Waals surface area contributed by atoms with Gasteiger partial charge in [-0.05, 0) is 41.9 Å². The molecule has 1 unspecified atom stereocenters. The van der Waals surface area contributed by atoms with Crippen LogP contribution in [0.15, 0.2) is 18.2 Å². The van der Waals surface area contributed by atoms with Gasteiger partial charge in [0.15, 0.2) is 0 Å². The van der Waals surface area contributed by atoms with Gasteiger partial charge >= 0.3 is 5.97 Å². The van der Waals surface area contributed by atoms with Crippen LogP contribution in [0.3, 0.4) is 0 Å². The minimum Gasteiger partial charge on any atom is -0.493 e. The third-order valence-electron chi connectivity index (χ3n) is 8.53. The largest absolute Gasteiger partial charge is 0.493 e. The van der Waals surface area contributed by atoms with Gasteiger partial charge in [0.05, 0.1) is 19.1 Å². The number of carboxylic acids is 1. The second kappa shape index (κ2) is 12.7. The lowest BCUT2D eigenvalue weighted by atomic mass is 9.83. The molecule has 0 saturated carbocycles. The maximum atomic E-state index is 13.5. The number of carbonyl (C=O) groups excluding carboxylic acids is 2. The van der Waals surface area contributed by atoms with Crippen LogP contribution in [-0.4, -0.2) is 101 Å². The van der Waals surface area contributed by atoms with E-state index in [4.69, 9.17) is 4.74 Å². The van der Waals surface area contributed by atoms with Crippen LogP contribution in [0, 0.1) is 11.3 Å². The van der Waals surface area contributed by atoms with Gasteiger partial charge in [-0.1, -0.05) is 39.3 Å². The fourth-order valence-corrected chi connectivity index (χ4v) is 6.55. The number of unbranched alkanes of at least 4 members (excludes halogenated alkanes) is 1. The highest BCUT2D eigenvalue weighted by Crippen LogP contribution is 2.41. The van der Waals surface area contributed by atoms with E-state index in [-0.39, 0.29) is 42.3 Å². The van der Waals surface area contributed by atoms with E-state index in [2.05, 4.69) is 26.8 Å². The van der Waals surface area contributed by atoms with E-state index in [1.54, 1.807) is 4.90 Å². The molecule has 2 amide bonds. The van der Waals surface area contributed by atoms with Gasteiger partial charge in [-0.25, -0.2) is 0 Å². The summed E-state index contributed by atoms with van der Waals surface area (Å²) >= 11 is 0. The molecule has 0 aliphatic carbocycles. The molecule has 4 rings (SSSR count). The lowest BCUT2D eigenvalue weighted by Crippen LogP contribution is -2.46. The predicted molar refractivity (Wildman–Crippen MR) is 148 cm³/mol. The quantitative estimate of drug-likeness (QED) is 0.394. The normalized spacial score (nSPS) is 24.2. The molecule has 0 bridgehead atoms. The van der Waals surface area contributed by atoms with Crippen molar-refractivity contribution in [2.45, 2.75) is 71.3 Å². The molecule has 0 spiro atoms. The SMILES string of the molecule is CCCCN(CCCO)C(=O)CN1C[C@H](c2ccc3c(c2)CCO3)C(C(=O)O)[C@@H]1CCN1CC(C)(C)CC1=O. The number of benzene rings is 1. The first-order chi connectivity index (χ1) is 18.6. The first-order valence-electron chi connectivity index (χ1n) is 14.5. The zero-order valence-corrected chi connectivity index (χ0v) is 23.7. The number of fused-ring (bicyclic) bond motifs is 1. The minimum absolute atomic E-state index is 0.0215. The first kappa shape index (κ1) is 29.3. The molecule has 9 nitrogen and oxygen atoms in total. The molecular formula is C30H45N3O6. The second-order valence-electron chi connectivity index (χ2n) is 12.2. The van der Waals surface area contributed by atoms with Crippen molar-refractivity contribution in [3.8, 4) is 5.75 Å². The highest BCUT2D eigenvalue weighted by atomic mass is 16.5. The van der Waals surface area contributed by atoms with Gasteiger partial charge in [0, 0.05) is 64.1 Å². The van der Waals surface area contributed by atoms with E-state index >= 15 is 0 Å². The van der Waals surface area contributed by atoms with Crippen molar-refractivity contribution in [1.29, 1.82) is 0 Å². The Labute approximate surface area is 232 Å². The van der Waals surface area contributed by atoms with Crippen molar-refractivity contribution < 1.29 is 29.3 Å². The fraction of sp³-hybridized carbons (Fsp3) is 0.700. The van der Waals surface area contributed by atoms with Crippen molar-refractivity contribution in [3.63, 3.8) is 0 Å². The molecule has 2 N–H and O–H groups in total. The molecule has 216 valence electrons.